The van der Waals surface area contributed by atoms with Crippen LogP contribution in [-0.2, 0) is 14.8 Å². The summed E-state index contributed by atoms with van der Waals surface area (Å²) in [6.07, 6.45) is 5.00. The summed E-state index contributed by atoms with van der Waals surface area (Å²) < 4.78 is 38.8. The van der Waals surface area contributed by atoms with E-state index in [0.29, 0.717) is 24.3 Å². The molecular formula is C22H26FN3O4S. The number of carbonyl (C=O) groups excluding carboxylic acids is 2. The molecule has 0 aliphatic carbocycles. The molecule has 166 valence electrons. The maximum absolute atomic E-state index is 13.6. The molecule has 31 heavy (non-hydrogen) atoms. The molecule has 1 saturated heterocycles. The van der Waals surface area contributed by atoms with Gasteiger partial charge in [0.15, 0.2) is 0 Å². The summed E-state index contributed by atoms with van der Waals surface area (Å²) >= 11 is 0. The Labute approximate surface area is 181 Å². The zero-order valence-electron chi connectivity index (χ0n) is 17.4. The molecule has 2 aromatic carbocycles. The summed E-state index contributed by atoms with van der Waals surface area (Å²) in [6, 6.07) is 11.7. The van der Waals surface area contributed by atoms with E-state index in [-0.39, 0.29) is 11.6 Å². The highest BCUT2D eigenvalue weighted by molar-refractivity contribution is 7.92. The van der Waals surface area contributed by atoms with Gasteiger partial charge < -0.3 is 10.2 Å². The molecule has 2 aromatic rings. The molecule has 1 fully saturated rings. The molecule has 0 aromatic heterocycles. The van der Waals surface area contributed by atoms with Crippen LogP contribution in [0.5, 0.6) is 0 Å². The zero-order chi connectivity index (χ0) is 22.4. The van der Waals surface area contributed by atoms with Crippen molar-refractivity contribution in [2.75, 3.05) is 35.5 Å². The third-order valence-electron chi connectivity index (χ3n) is 5.11. The average Bonchev–Trinajstić information content (AvgIpc) is 3.01. The lowest BCUT2D eigenvalue weighted by atomic mass is 10.1. The van der Waals surface area contributed by atoms with Crippen molar-refractivity contribution in [3.63, 3.8) is 0 Å². The highest BCUT2D eigenvalue weighted by Crippen LogP contribution is 2.22. The Morgan fingerprint density at radius 2 is 1.71 bits per heavy atom. The van der Waals surface area contributed by atoms with Gasteiger partial charge in [-0.1, -0.05) is 31.0 Å². The fourth-order valence-corrected chi connectivity index (χ4v) is 4.42. The number of amides is 2. The number of benzene rings is 2. The molecular weight excluding hydrogens is 421 g/mol. The fraction of sp³-hybridized carbons (Fsp3) is 0.364. The Morgan fingerprint density at radius 1 is 1.03 bits per heavy atom. The maximum Gasteiger partial charge on any atom is 0.255 e. The lowest BCUT2D eigenvalue weighted by Crippen LogP contribution is -2.38. The Balaban J connectivity index is 1.79. The molecule has 0 radical (unpaired) electrons. The molecule has 0 unspecified atom stereocenters. The molecule has 1 N–H and O–H groups in total. The van der Waals surface area contributed by atoms with Gasteiger partial charge in [0.25, 0.3) is 5.91 Å². The van der Waals surface area contributed by atoms with E-state index >= 15 is 0 Å². The first kappa shape index (κ1) is 22.7. The number of hydrogen-bond donors (Lipinski definition) is 1. The Kier molecular flexibility index (Phi) is 7.27. The van der Waals surface area contributed by atoms with Crippen LogP contribution in [0.1, 0.15) is 36.0 Å². The van der Waals surface area contributed by atoms with Gasteiger partial charge in [0.2, 0.25) is 15.9 Å². The molecule has 2 amide bonds. The second-order valence-electron chi connectivity index (χ2n) is 7.55. The minimum absolute atomic E-state index is 0.0478. The van der Waals surface area contributed by atoms with Crippen LogP contribution in [0.2, 0.25) is 0 Å². The van der Waals surface area contributed by atoms with Crippen LogP contribution >= 0.6 is 0 Å². The number of rotatable bonds is 6. The highest BCUT2D eigenvalue weighted by atomic mass is 32.2. The molecule has 1 heterocycles. The van der Waals surface area contributed by atoms with Gasteiger partial charge >= 0.3 is 0 Å². The molecule has 0 atom stereocenters. The molecule has 3 rings (SSSR count). The normalized spacial score (nSPS) is 14.6. The number of halogens is 1. The van der Waals surface area contributed by atoms with Crippen LogP contribution in [0.15, 0.2) is 48.5 Å². The number of sulfonamides is 1. The molecule has 1 aliphatic rings. The zero-order valence-corrected chi connectivity index (χ0v) is 18.2. The summed E-state index contributed by atoms with van der Waals surface area (Å²) in [5, 5.41) is 2.65. The van der Waals surface area contributed by atoms with Gasteiger partial charge in [0.1, 0.15) is 12.4 Å². The smallest absolute Gasteiger partial charge is 0.255 e. The Morgan fingerprint density at radius 3 is 2.35 bits per heavy atom. The van der Waals surface area contributed by atoms with E-state index in [2.05, 4.69) is 5.32 Å². The largest absolute Gasteiger partial charge is 0.339 e. The molecule has 1 aliphatic heterocycles. The van der Waals surface area contributed by atoms with Gasteiger partial charge in [-0.15, -0.1) is 0 Å². The van der Waals surface area contributed by atoms with E-state index in [0.717, 1.165) is 42.3 Å². The molecule has 0 saturated carbocycles. The second kappa shape index (κ2) is 9.91. The van der Waals surface area contributed by atoms with Gasteiger partial charge in [-0.05, 0) is 43.2 Å². The predicted molar refractivity (Wildman–Crippen MR) is 118 cm³/mol. The van der Waals surface area contributed by atoms with E-state index in [1.165, 1.54) is 18.2 Å². The van der Waals surface area contributed by atoms with Crippen molar-refractivity contribution in [1.82, 2.24) is 4.90 Å². The van der Waals surface area contributed by atoms with Crippen molar-refractivity contribution >= 4 is 33.2 Å². The molecule has 0 bridgehead atoms. The third kappa shape index (κ3) is 6.04. The van der Waals surface area contributed by atoms with Crippen LogP contribution in [-0.4, -0.2) is 51.0 Å². The van der Waals surface area contributed by atoms with Crippen molar-refractivity contribution in [3.8, 4) is 0 Å². The molecule has 9 heteroatoms. The van der Waals surface area contributed by atoms with Crippen LogP contribution in [0.3, 0.4) is 0 Å². The number of carbonyl (C=O) groups is 2. The molecule has 7 nitrogen and oxygen atoms in total. The summed E-state index contributed by atoms with van der Waals surface area (Å²) in [4.78, 5) is 27.5. The first-order valence-corrected chi connectivity index (χ1v) is 12.0. The Bertz CT molecular complexity index is 1050. The van der Waals surface area contributed by atoms with E-state index in [1.54, 1.807) is 29.2 Å². The maximum atomic E-state index is 13.6. The van der Waals surface area contributed by atoms with Crippen molar-refractivity contribution < 1.29 is 22.4 Å². The van der Waals surface area contributed by atoms with E-state index < -0.39 is 28.3 Å². The van der Waals surface area contributed by atoms with Crippen LogP contribution in [0, 0.1) is 5.82 Å². The van der Waals surface area contributed by atoms with E-state index in [4.69, 9.17) is 0 Å². The number of para-hydroxylation sites is 1. The number of nitrogens with zero attached hydrogens (tertiary/aromatic N) is 2. The van der Waals surface area contributed by atoms with E-state index in [9.17, 15) is 22.4 Å². The van der Waals surface area contributed by atoms with Crippen LogP contribution in [0.25, 0.3) is 0 Å². The standard InChI is InChI=1S/C22H26FN3O4S/c1-31(29,30)26(18-10-8-9-17(23)15-18)16-21(27)24-20-12-5-4-11-19(20)22(28)25-13-6-2-3-7-14-25/h4-5,8-12,15H,2-3,6-7,13-14,16H2,1H3,(H,24,27). The van der Waals surface area contributed by atoms with Crippen molar-refractivity contribution in [2.24, 2.45) is 0 Å². The van der Waals surface area contributed by atoms with Crippen molar-refractivity contribution in [3.05, 3.63) is 59.9 Å². The topological polar surface area (TPSA) is 86.8 Å². The first-order valence-electron chi connectivity index (χ1n) is 10.2. The molecule has 0 spiro atoms. The second-order valence-corrected chi connectivity index (χ2v) is 9.46. The lowest BCUT2D eigenvalue weighted by Gasteiger charge is -2.23. The minimum atomic E-state index is -3.84. The van der Waals surface area contributed by atoms with Gasteiger partial charge in [-0.2, -0.15) is 0 Å². The number of hydrogen-bond acceptors (Lipinski definition) is 4. The monoisotopic (exact) mass is 447 g/mol. The van der Waals surface area contributed by atoms with Gasteiger partial charge in [0, 0.05) is 13.1 Å². The summed E-state index contributed by atoms with van der Waals surface area (Å²) in [5.74, 6) is -1.41. The number of anilines is 2. The summed E-state index contributed by atoms with van der Waals surface area (Å²) in [6.45, 7) is 0.791. The quantitative estimate of drug-likeness (QED) is 0.737. The van der Waals surface area contributed by atoms with Crippen molar-refractivity contribution in [2.45, 2.75) is 25.7 Å². The number of nitrogens with one attached hydrogen (secondary N) is 1. The summed E-state index contributed by atoms with van der Waals surface area (Å²) in [5.41, 5.74) is 0.718. The minimum Gasteiger partial charge on any atom is -0.339 e. The predicted octanol–water partition coefficient (Wildman–Crippen LogP) is 3.25. The van der Waals surface area contributed by atoms with Crippen LogP contribution < -0.4 is 9.62 Å². The van der Waals surface area contributed by atoms with Gasteiger partial charge in [-0.25, -0.2) is 12.8 Å². The fourth-order valence-electron chi connectivity index (χ4n) is 3.57. The average molecular weight is 448 g/mol. The lowest BCUT2D eigenvalue weighted by molar-refractivity contribution is -0.114. The van der Waals surface area contributed by atoms with Gasteiger partial charge in [0.05, 0.1) is 23.2 Å². The SMILES string of the molecule is CS(=O)(=O)N(CC(=O)Nc1ccccc1C(=O)N1CCCCCC1)c1cccc(F)c1. The Hall–Kier alpha value is -2.94. The number of likely N-dealkylation sites (tertiary alicyclic amines) is 1. The van der Waals surface area contributed by atoms with Gasteiger partial charge in [-0.3, -0.25) is 13.9 Å². The van der Waals surface area contributed by atoms with E-state index in [1.807, 2.05) is 0 Å². The van der Waals surface area contributed by atoms with Crippen LogP contribution in [0.4, 0.5) is 15.8 Å². The van der Waals surface area contributed by atoms with Crippen molar-refractivity contribution in [1.29, 1.82) is 0 Å². The highest BCUT2D eigenvalue weighted by Gasteiger charge is 2.24. The summed E-state index contributed by atoms with van der Waals surface area (Å²) in [7, 11) is -3.84. The first-order chi connectivity index (χ1) is 14.8. The third-order valence-corrected chi connectivity index (χ3v) is 6.25.